The summed E-state index contributed by atoms with van der Waals surface area (Å²) in [6, 6.07) is 10.4. The Morgan fingerprint density at radius 1 is 1.16 bits per heavy atom. The number of likely N-dealkylation sites (tertiary alicyclic amines) is 1. The van der Waals surface area contributed by atoms with Crippen LogP contribution in [0.25, 0.3) is 0 Å². The van der Waals surface area contributed by atoms with Crippen LogP contribution in [-0.4, -0.2) is 24.7 Å². The summed E-state index contributed by atoms with van der Waals surface area (Å²) in [7, 11) is 2.19. The Kier molecular flexibility index (Phi) is 4.64. The summed E-state index contributed by atoms with van der Waals surface area (Å²) >= 11 is 0. The fourth-order valence-electron chi connectivity index (χ4n) is 2.80. The normalized spacial score (nSPS) is 25.5. The van der Waals surface area contributed by atoms with E-state index in [4.69, 9.17) is 4.74 Å². The minimum Gasteiger partial charge on any atom is -0.358 e. The van der Waals surface area contributed by atoms with Crippen molar-refractivity contribution in [3.05, 3.63) is 35.9 Å². The number of ether oxygens (including phenoxy) is 1. The number of piperidine rings is 1. The van der Waals surface area contributed by atoms with Gasteiger partial charge >= 0.3 is 0 Å². The third-order valence-corrected chi connectivity index (χ3v) is 4.27. The Morgan fingerprint density at radius 2 is 1.84 bits per heavy atom. The molecule has 2 heteroatoms. The molecular formula is C17H27NO. The maximum absolute atomic E-state index is 6.07. The topological polar surface area (TPSA) is 12.5 Å². The molecule has 1 fully saturated rings. The van der Waals surface area contributed by atoms with Crippen molar-refractivity contribution >= 4 is 0 Å². The van der Waals surface area contributed by atoms with E-state index < -0.39 is 0 Å². The maximum Gasteiger partial charge on any atom is 0.110 e. The van der Waals surface area contributed by atoms with Gasteiger partial charge in [-0.2, -0.15) is 0 Å². The largest absolute Gasteiger partial charge is 0.358 e. The SMILES string of the molecule is CN1CC(C(C)(C)C)CCC1OCc1ccccc1. The molecule has 0 bridgehead atoms. The predicted molar refractivity (Wildman–Crippen MR) is 79.8 cm³/mol. The Labute approximate surface area is 117 Å². The van der Waals surface area contributed by atoms with Gasteiger partial charge in [0.2, 0.25) is 0 Å². The minimum absolute atomic E-state index is 0.277. The number of nitrogens with zero attached hydrogens (tertiary/aromatic N) is 1. The van der Waals surface area contributed by atoms with E-state index in [2.05, 4.69) is 57.0 Å². The highest BCUT2D eigenvalue weighted by molar-refractivity contribution is 5.13. The van der Waals surface area contributed by atoms with Crippen LogP contribution in [0, 0.1) is 11.3 Å². The van der Waals surface area contributed by atoms with E-state index in [-0.39, 0.29) is 6.23 Å². The molecule has 1 aliphatic rings. The zero-order valence-electron chi connectivity index (χ0n) is 12.7. The molecule has 0 N–H and O–H groups in total. The maximum atomic E-state index is 6.07. The molecule has 1 aromatic carbocycles. The fraction of sp³-hybridized carbons (Fsp3) is 0.647. The average Bonchev–Trinajstić information content (AvgIpc) is 2.37. The highest BCUT2D eigenvalue weighted by atomic mass is 16.5. The van der Waals surface area contributed by atoms with Gasteiger partial charge in [-0.05, 0) is 36.8 Å². The van der Waals surface area contributed by atoms with Gasteiger partial charge in [0, 0.05) is 6.54 Å². The van der Waals surface area contributed by atoms with Crippen LogP contribution < -0.4 is 0 Å². The molecule has 1 aromatic rings. The van der Waals surface area contributed by atoms with E-state index in [1.807, 2.05) is 6.07 Å². The lowest BCUT2D eigenvalue weighted by atomic mass is 9.76. The van der Waals surface area contributed by atoms with Crippen molar-refractivity contribution in [3.63, 3.8) is 0 Å². The first kappa shape index (κ1) is 14.5. The van der Waals surface area contributed by atoms with E-state index in [1.54, 1.807) is 0 Å². The predicted octanol–water partition coefficient (Wildman–Crippen LogP) is 3.92. The van der Waals surface area contributed by atoms with Crippen molar-refractivity contribution in [2.75, 3.05) is 13.6 Å². The van der Waals surface area contributed by atoms with Gasteiger partial charge in [0.05, 0.1) is 6.61 Å². The molecule has 106 valence electrons. The lowest BCUT2D eigenvalue weighted by molar-refractivity contribution is -0.0985. The van der Waals surface area contributed by atoms with Gasteiger partial charge in [0.25, 0.3) is 0 Å². The van der Waals surface area contributed by atoms with E-state index in [0.717, 1.165) is 25.5 Å². The average molecular weight is 261 g/mol. The van der Waals surface area contributed by atoms with Gasteiger partial charge in [-0.25, -0.2) is 0 Å². The molecule has 2 rings (SSSR count). The van der Waals surface area contributed by atoms with Crippen LogP contribution in [0.3, 0.4) is 0 Å². The number of hydrogen-bond acceptors (Lipinski definition) is 2. The summed E-state index contributed by atoms with van der Waals surface area (Å²) in [5.74, 6) is 0.772. The number of hydrogen-bond donors (Lipinski definition) is 0. The smallest absolute Gasteiger partial charge is 0.110 e. The summed E-state index contributed by atoms with van der Waals surface area (Å²) in [5, 5.41) is 0. The van der Waals surface area contributed by atoms with Crippen LogP contribution in [-0.2, 0) is 11.3 Å². The molecule has 2 nitrogen and oxygen atoms in total. The summed E-state index contributed by atoms with van der Waals surface area (Å²) in [6.07, 6.45) is 2.69. The third-order valence-electron chi connectivity index (χ3n) is 4.27. The van der Waals surface area contributed by atoms with Crippen LogP contribution in [0.1, 0.15) is 39.2 Å². The third kappa shape index (κ3) is 4.05. The van der Waals surface area contributed by atoms with Gasteiger partial charge < -0.3 is 4.74 Å². The quantitative estimate of drug-likeness (QED) is 0.817. The standard InChI is InChI=1S/C17H27NO/c1-17(2,3)15-10-11-16(18(4)12-15)19-13-14-8-6-5-7-9-14/h5-9,15-16H,10-13H2,1-4H3. The molecule has 2 atom stereocenters. The fourth-order valence-corrected chi connectivity index (χ4v) is 2.80. The van der Waals surface area contributed by atoms with Gasteiger partial charge in [0.15, 0.2) is 0 Å². The van der Waals surface area contributed by atoms with Crippen molar-refractivity contribution in [1.29, 1.82) is 0 Å². The van der Waals surface area contributed by atoms with Gasteiger partial charge in [-0.15, -0.1) is 0 Å². The summed E-state index contributed by atoms with van der Waals surface area (Å²) in [6.45, 7) is 8.89. The van der Waals surface area contributed by atoms with Crippen LogP contribution in [0.4, 0.5) is 0 Å². The number of rotatable bonds is 3. The zero-order valence-corrected chi connectivity index (χ0v) is 12.7. The molecule has 0 radical (unpaired) electrons. The Bertz CT molecular complexity index is 382. The monoisotopic (exact) mass is 261 g/mol. The van der Waals surface area contributed by atoms with Crippen molar-refractivity contribution in [2.24, 2.45) is 11.3 Å². The summed E-state index contributed by atoms with van der Waals surface area (Å²) in [4.78, 5) is 2.38. The van der Waals surface area contributed by atoms with Crippen LogP contribution >= 0.6 is 0 Å². The molecule has 0 spiro atoms. The van der Waals surface area contributed by atoms with Crippen molar-refractivity contribution in [3.8, 4) is 0 Å². The second-order valence-electron chi connectivity index (χ2n) is 6.83. The Hall–Kier alpha value is -0.860. The van der Waals surface area contributed by atoms with Crippen LogP contribution in [0.5, 0.6) is 0 Å². The van der Waals surface area contributed by atoms with E-state index in [9.17, 15) is 0 Å². The molecule has 1 heterocycles. The van der Waals surface area contributed by atoms with E-state index in [1.165, 1.54) is 12.0 Å². The lowest BCUT2D eigenvalue weighted by Gasteiger charge is -2.42. The molecule has 0 aliphatic carbocycles. The molecule has 0 saturated carbocycles. The summed E-state index contributed by atoms with van der Waals surface area (Å²) in [5.41, 5.74) is 1.66. The van der Waals surface area contributed by atoms with Crippen LogP contribution in [0.2, 0.25) is 0 Å². The van der Waals surface area contributed by atoms with Crippen molar-refractivity contribution in [2.45, 2.75) is 46.4 Å². The first-order valence-corrected chi connectivity index (χ1v) is 7.32. The first-order valence-electron chi connectivity index (χ1n) is 7.32. The molecule has 0 aromatic heterocycles. The molecule has 0 amide bonds. The Balaban J connectivity index is 1.84. The van der Waals surface area contributed by atoms with Crippen molar-refractivity contribution in [1.82, 2.24) is 4.90 Å². The van der Waals surface area contributed by atoms with E-state index >= 15 is 0 Å². The summed E-state index contributed by atoms with van der Waals surface area (Å²) < 4.78 is 6.07. The highest BCUT2D eigenvalue weighted by Crippen LogP contribution is 2.35. The lowest BCUT2D eigenvalue weighted by Crippen LogP contribution is -2.45. The van der Waals surface area contributed by atoms with E-state index in [0.29, 0.717) is 5.41 Å². The van der Waals surface area contributed by atoms with Gasteiger partial charge in [-0.3, -0.25) is 4.90 Å². The minimum atomic E-state index is 0.277. The zero-order chi connectivity index (χ0) is 13.9. The number of benzene rings is 1. The van der Waals surface area contributed by atoms with Gasteiger partial charge in [-0.1, -0.05) is 51.1 Å². The Morgan fingerprint density at radius 3 is 2.42 bits per heavy atom. The molecular weight excluding hydrogens is 234 g/mol. The van der Waals surface area contributed by atoms with Crippen LogP contribution in [0.15, 0.2) is 30.3 Å². The molecule has 1 aliphatic heterocycles. The van der Waals surface area contributed by atoms with Crippen molar-refractivity contribution < 1.29 is 4.74 Å². The molecule has 19 heavy (non-hydrogen) atoms. The molecule has 1 saturated heterocycles. The van der Waals surface area contributed by atoms with Gasteiger partial charge in [0.1, 0.15) is 6.23 Å². The highest BCUT2D eigenvalue weighted by Gasteiger charge is 2.32. The second-order valence-corrected chi connectivity index (χ2v) is 6.83. The molecule has 2 unspecified atom stereocenters. The first-order chi connectivity index (χ1) is 8.97. The second kappa shape index (κ2) is 6.06.